The summed E-state index contributed by atoms with van der Waals surface area (Å²) in [5, 5.41) is 3.79. The molecule has 102 valence electrons. The molecule has 0 aliphatic heterocycles. The monoisotopic (exact) mass is 270 g/mol. The zero-order chi connectivity index (χ0) is 13.8. The lowest BCUT2D eigenvalue weighted by molar-refractivity contribution is -0.0512. The van der Waals surface area contributed by atoms with Gasteiger partial charge < -0.3 is 14.0 Å². The fourth-order valence-electron chi connectivity index (χ4n) is 1.52. The van der Waals surface area contributed by atoms with E-state index in [0.717, 1.165) is 0 Å². The number of aryl methyl sites for hydroxylation is 1. The fraction of sp³-hybridized carbons (Fsp3) is 0.333. The molecule has 0 saturated heterocycles. The highest BCUT2D eigenvalue weighted by molar-refractivity contribution is 5.60. The number of alkyl halides is 2. The van der Waals surface area contributed by atoms with Crippen molar-refractivity contribution in [2.75, 3.05) is 7.11 Å². The molecule has 0 saturated carbocycles. The van der Waals surface area contributed by atoms with Gasteiger partial charge in [-0.1, -0.05) is 12.1 Å². The molecule has 0 atom stereocenters. The van der Waals surface area contributed by atoms with Gasteiger partial charge >= 0.3 is 6.61 Å². The van der Waals surface area contributed by atoms with Crippen LogP contribution in [0.2, 0.25) is 0 Å². The largest absolute Gasteiger partial charge is 0.493 e. The fourth-order valence-corrected chi connectivity index (χ4v) is 1.52. The molecule has 0 bridgehead atoms. The Labute approximate surface area is 108 Å². The van der Waals surface area contributed by atoms with Gasteiger partial charge in [-0.3, -0.25) is 0 Å². The van der Waals surface area contributed by atoms with Crippen molar-refractivity contribution in [1.82, 2.24) is 10.1 Å². The van der Waals surface area contributed by atoms with Crippen molar-refractivity contribution in [3.05, 3.63) is 24.1 Å². The van der Waals surface area contributed by atoms with Gasteiger partial charge in [0, 0.05) is 12.0 Å². The molecule has 1 aromatic carbocycles. The highest BCUT2D eigenvalue weighted by Gasteiger charge is 2.14. The third-order valence-electron chi connectivity index (χ3n) is 2.41. The molecule has 2 aromatic rings. The van der Waals surface area contributed by atoms with Crippen molar-refractivity contribution in [2.24, 2.45) is 0 Å². The molecule has 0 radical (unpaired) electrons. The third-order valence-corrected chi connectivity index (χ3v) is 2.41. The lowest BCUT2D eigenvalue weighted by Gasteiger charge is -2.10. The third kappa shape index (κ3) is 2.98. The molecule has 1 aromatic heterocycles. The Morgan fingerprint density at radius 3 is 2.68 bits per heavy atom. The van der Waals surface area contributed by atoms with Crippen LogP contribution in [0.1, 0.15) is 12.8 Å². The van der Waals surface area contributed by atoms with Crippen LogP contribution in [0.4, 0.5) is 8.78 Å². The van der Waals surface area contributed by atoms with Crippen molar-refractivity contribution in [3.8, 4) is 22.9 Å². The quantitative estimate of drug-likeness (QED) is 0.836. The molecule has 0 amide bonds. The molecule has 1 heterocycles. The average Bonchev–Trinajstić information content (AvgIpc) is 2.87. The van der Waals surface area contributed by atoms with Crippen LogP contribution in [0.15, 0.2) is 22.7 Å². The van der Waals surface area contributed by atoms with Crippen LogP contribution in [-0.4, -0.2) is 23.9 Å². The first-order valence-electron chi connectivity index (χ1n) is 5.59. The van der Waals surface area contributed by atoms with Crippen molar-refractivity contribution in [2.45, 2.75) is 20.0 Å². The number of nitrogens with zero attached hydrogens (tertiary/aromatic N) is 2. The minimum Gasteiger partial charge on any atom is -0.493 e. The smallest absolute Gasteiger partial charge is 0.387 e. The maximum atomic E-state index is 12.2. The summed E-state index contributed by atoms with van der Waals surface area (Å²) in [5.74, 6) is 1.02. The minimum absolute atomic E-state index is 0.0412. The summed E-state index contributed by atoms with van der Waals surface area (Å²) in [6, 6.07) is 4.45. The number of halogens is 2. The van der Waals surface area contributed by atoms with Crippen LogP contribution in [0.25, 0.3) is 11.4 Å². The van der Waals surface area contributed by atoms with Crippen LogP contribution in [0.5, 0.6) is 11.5 Å². The van der Waals surface area contributed by atoms with Crippen LogP contribution < -0.4 is 9.47 Å². The Hall–Kier alpha value is -2.18. The van der Waals surface area contributed by atoms with Crippen LogP contribution >= 0.6 is 0 Å². The van der Waals surface area contributed by atoms with Gasteiger partial charge in [0.25, 0.3) is 0 Å². The van der Waals surface area contributed by atoms with Crippen molar-refractivity contribution in [3.63, 3.8) is 0 Å². The zero-order valence-corrected chi connectivity index (χ0v) is 10.4. The van der Waals surface area contributed by atoms with E-state index < -0.39 is 6.61 Å². The Bertz CT molecular complexity index is 558. The van der Waals surface area contributed by atoms with E-state index in [1.54, 1.807) is 6.07 Å². The Morgan fingerprint density at radius 1 is 1.32 bits per heavy atom. The number of aromatic nitrogens is 2. The highest BCUT2D eigenvalue weighted by atomic mass is 19.3. The average molecular weight is 270 g/mol. The van der Waals surface area contributed by atoms with Gasteiger partial charge in [0.1, 0.15) is 0 Å². The highest BCUT2D eigenvalue weighted by Crippen LogP contribution is 2.32. The lowest BCUT2D eigenvalue weighted by Crippen LogP contribution is -2.03. The molecule has 0 spiro atoms. The maximum Gasteiger partial charge on any atom is 0.387 e. The van der Waals surface area contributed by atoms with E-state index in [2.05, 4.69) is 14.9 Å². The number of ether oxygens (including phenoxy) is 2. The van der Waals surface area contributed by atoms with Gasteiger partial charge in [0.15, 0.2) is 11.5 Å². The van der Waals surface area contributed by atoms with Gasteiger partial charge in [-0.25, -0.2) is 0 Å². The summed E-state index contributed by atoms with van der Waals surface area (Å²) < 4.78 is 38.7. The summed E-state index contributed by atoms with van der Waals surface area (Å²) in [5.41, 5.74) is 0.599. The van der Waals surface area contributed by atoms with E-state index in [9.17, 15) is 8.78 Å². The Kier molecular flexibility index (Phi) is 3.94. The van der Waals surface area contributed by atoms with Gasteiger partial charge in [-0.15, -0.1) is 0 Å². The Morgan fingerprint density at radius 2 is 2.11 bits per heavy atom. The van der Waals surface area contributed by atoms with E-state index in [1.807, 2.05) is 6.92 Å². The summed E-state index contributed by atoms with van der Waals surface area (Å²) in [4.78, 5) is 4.14. The second kappa shape index (κ2) is 5.64. The van der Waals surface area contributed by atoms with Crippen molar-refractivity contribution < 1.29 is 22.8 Å². The Balaban J connectivity index is 2.32. The number of rotatable bonds is 5. The van der Waals surface area contributed by atoms with Crippen LogP contribution in [0.3, 0.4) is 0 Å². The first kappa shape index (κ1) is 13.3. The SMILES string of the molecule is CCc1nc(-c2ccc(OC(F)F)c(OC)c2)no1. The molecular formula is C12H12F2N2O3. The topological polar surface area (TPSA) is 57.4 Å². The van der Waals surface area contributed by atoms with Crippen LogP contribution in [0, 0.1) is 0 Å². The maximum absolute atomic E-state index is 12.2. The molecule has 7 heteroatoms. The second-order valence-corrected chi connectivity index (χ2v) is 3.61. The van der Waals surface area contributed by atoms with E-state index in [0.29, 0.717) is 23.7 Å². The standard InChI is InChI=1S/C12H12F2N2O3/c1-3-10-15-11(16-19-10)7-4-5-8(18-12(13)14)9(6-7)17-2/h4-6,12H,3H2,1-2H3. The van der Waals surface area contributed by atoms with Crippen LogP contribution in [-0.2, 0) is 6.42 Å². The molecule has 19 heavy (non-hydrogen) atoms. The molecule has 2 rings (SSSR count). The summed E-state index contributed by atoms with van der Waals surface area (Å²) in [6.45, 7) is -1.02. The summed E-state index contributed by atoms with van der Waals surface area (Å²) in [7, 11) is 1.37. The van der Waals surface area contributed by atoms with Gasteiger partial charge in [0.05, 0.1) is 7.11 Å². The van der Waals surface area contributed by atoms with E-state index in [1.165, 1.54) is 19.2 Å². The molecule has 0 N–H and O–H groups in total. The zero-order valence-electron chi connectivity index (χ0n) is 10.4. The normalized spacial score (nSPS) is 10.8. The number of benzene rings is 1. The van der Waals surface area contributed by atoms with Gasteiger partial charge in [-0.05, 0) is 18.2 Å². The molecule has 0 aliphatic rings. The molecular weight excluding hydrogens is 258 g/mol. The summed E-state index contributed by atoms with van der Waals surface area (Å²) >= 11 is 0. The van der Waals surface area contributed by atoms with Crippen molar-refractivity contribution >= 4 is 0 Å². The molecule has 0 fully saturated rings. The molecule has 0 aliphatic carbocycles. The van der Waals surface area contributed by atoms with Gasteiger partial charge in [-0.2, -0.15) is 13.8 Å². The van der Waals surface area contributed by atoms with Gasteiger partial charge in [0.2, 0.25) is 11.7 Å². The van der Waals surface area contributed by atoms with E-state index in [4.69, 9.17) is 9.26 Å². The second-order valence-electron chi connectivity index (χ2n) is 3.61. The number of methoxy groups -OCH3 is 1. The van der Waals surface area contributed by atoms with E-state index in [-0.39, 0.29) is 11.5 Å². The van der Waals surface area contributed by atoms with E-state index >= 15 is 0 Å². The first-order chi connectivity index (χ1) is 9.13. The molecule has 0 unspecified atom stereocenters. The number of hydrogen-bond acceptors (Lipinski definition) is 5. The first-order valence-corrected chi connectivity index (χ1v) is 5.59. The predicted octanol–water partition coefficient (Wildman–Crippen LogP) is 2.91. The lowest BCUT2D eigenvalue weighted by atomic mass is 10.2. The predicted molar refractivity (Wildman–Crippen MR) is 62.3 cm³/mol. The number of hydrogen-bond donors (Lipinski definition) is 0. The minimum atomic E-state index is -2.91. The molecule has 5 nitrogen and oxygen atoms in total. The van der Waals surface area contributed by atoms with Crippen molar-refractivity contribution in [1.29, 1.82) is 0 Å². The summed E-state index contributed by atoms with van der Waals surface area (Å²) in [6.07, 6.45) is 0.622.